The van der Waals surface area contributed by atoms with Crippen LogP contribution >= 0.6 is 0 Å². The Morgan fingerprint density at radius 1 is 1.33 bits per heavy atom. The molecule has 0 spiro atoms. The van der Waals surface area contributed by atoms with Crippen LogP contribution < -0.4 is 10.9 Å². The van der Waals surface area contributed by atoms with E-state index in [2.05, 4.69) is 11.4 Å². The first-order valence-electron chi connectivity index (χ1n) is 7.50. The lowest BCUT2D eigenvalue weighted by Gasteiger charge is -2.12. The number of benzene rings is 1. The summed E-state index contributed by atoms with van der Waals surface area (Å²) >= 11 is 0. The summed E-state index contributed by atoms with van der Waals surface area (Å²) in [5, 5.41) is 4.40. The third kappa shape index (κ3) is 3.01. The number of aryl methyl sites for hydroxylation is 2. The second-order valence-electron chi connectivity index (χ2n) is 5.74. The number of hydrogen-bond donors (Lipinski definition) is 1. The summed E-state index contributed by atoms with van der Waals surface area (Å²) in [4.78, 5) is 11.8. The van der Waals surface area contributed by atoms with Crippen LogP contribution in [0.2, 0.25) is 0 Å². The minimum Gasteiger partial charge on any atom is -0.422 e. The van der Waals surface area contributed by atoms with Crippen LogP contribution in [0.5, 0.6) is 0 Å². The minimum absolute atomic E-state index is 0.287. The van der Waals surface area contributed by atoms with Gasteiger partial charge in [0.25, 0.3) is 0 Å². The molecule has 0 bridgehead atoms. The van der Waals surface area contributed by atoms with Crippen LogP contribution in [-0.4, -0.2) is 19.3 Å². The van der Waals surface area contributed by atoms with Gasteiger partial charge in [0.1, 0.15) is 5.58 Å². The van der Waals surface area contributed by atoms with Gasteiger partial charge in [0.2, 0.25) is 0 Å². The van der Waals surface area contributed by atoms with E-state index in [9.17, 15) is 4.79 Å². The molecule has 0 radical (unpaired) electrons. The molecule has 1 aliphatic heterocycles. The second kappa shape index (κ2) is 6.00. The first-order chi connectivity index (χ1) is 10.1. The van der Waals surface area contributed by atoms with Crippen molar-refractivity contribution in [1.29, 1.82) is 0 Å². The molecule has 1 N–H and O–H groups in total. The topological polar surface area (TPSA) is 51.5 Å². The third-order valence-corrected chi connectivity index (χ3v) is 4.23. The Balaban J connectivity index is 1.84. The van der Waals surface area contributed by atoms with Gasteiger partial charge in [0, 0.05) is 31.1 Å². The first kappa shape index (κ1) is 14.3. The molecular formula is C17H21NO3. The van der Waals surface area contributed by atoms with E-state index in [1.807, 2.05) is 19.9 Å². The SMILES string of the molecule is Cc1ccc2c(CNC[C@H]3CCCO3)cc(=O)oc2c1C. The van der Waals surface area contributed by atoms with Crippen molar-refractivity contribution in [1.82, 2.24) is 5.32 Å². The zero-order valence-electron chi connectivity index (χ0n) is 12.6. The van der Waals surface area contributed by atoms with Crippen molar-refractivity contribution in [3.8, 4) is 0 Å². The maximum atomic E-state index is 11.8. The van der Waals surface area contributed by atoms with E-state index in [-0.39, 0.29) is 5.63 Å². The molecular weight excluding hydrogens is 266 g/mol. The summed E-state index contributed by atoms with van der Waals surface area (Å²) < 4.78 is 11.0. The molecule has 2 aromatic rings. The van der Waals surface area contributed by atoms with Crippen molar-refractivity contribution in [2.75, 3.05) is 13.2 Å². The smallest absolute Gasteiger partial charge is 0.336 e. The fourth-order valence-corrected chi connectivity index (χ4v) is 2.84. The van der Waals surface area contributed by atoms with Gasteiger partial charge in [-0.25, -0.2) is 4.79 Å². The Hall–Kier alpha value is -1.65. The Bertz CT molecular complexity index is 699. The van der Waals surface area contributed by atoms with Gasteiger partial charge in [0.05, 0.1) is 6.10 Å². The van der Waals surface area contributed by atoms with E-state index in [0.29, 0.717) is 18.2 Å². The second-order valence-corrected chi connectivity index (χ2v) is 5.74. The Labute approximate surface area is 124 Å². The molecule has 1 aliphatic rings. The number of ether oxygens (including phenoxy) is 1. The van der Waals surface area contributed by atoms with Gasteiger partial charge in [0.15, 0.2) is 0 Å². The first-order valence-corrected chi connectivity index (χ1v) is 7.50. The predicted octanol–water partition coefficient (Wildman–Crippen LogP) is 2.68. The number of nitrogens with one attached hydrogen (secondary N) is 1. The summed E-state index contributed by atoms with van der Waals surface area (Å²) in [7, 11) is 0. The van der Waals surface area contributed by atoms with E-state index in [1.165, 1.54) is 0 Å². The molecule has 1 atom stereocenters. The van der Waals surface area contributed by atoms with E-state index in [1.54, 1.807) is 6.07 Å². The highest BCUT2D eigenvalue weighted by molar-refractivity contribution is 5.83. The van der Waals surface area contributed by atoms with Crippen LogP contribution in [0.4, 0.5) is 0 Å². The zero-order valence-corrected chi connectivity index (χ0v) is 12.6. The molecule has 0 amide bonds. The lowest BCUT2D eigenvalue weighted by Crippen LogP contribution is -2.26. The van der Waals surface area contributed by atoms with Gasteiger partial charge in [-0.2, -0.15) is 0 Å². The van der Waals surface area contributed by atoms with Gasteiger partial charge in [-0.3, -0.25) is 0 Å². The highest BCUT2D eigenvalue weighted by Crippen LogP contribution is 2.23. The van der Waals surface area contributed by atoms with Crippen molar-refractivity contribution in [3.05, 3.63) is 45.3 Å². The monoisotopic (exact) mass is 287 g/mol. The van der Waals surface area contributed by atoms with E-state index >= 15 is 0 Å². The lowest BCUT2D eigenvalue weighted by atomic mass is 10.0. The molecule has 112 valence electrons. The van der Waals surface area contributed by atoms with Gasteiger partial charge < -0.3 is 14.5 Å². The van der Waals surface area contributed by atoms with Crippen LogP contribution in [0.1, 0.15) is 29.5 Å². The van der Waals surface area contributed by atoms with Gasteiger partial charge in [-0.15, -0.1) is 0 Å². The number of hydrogen-bond acceptors (Lipinski definition) is 4. The summed E-state index contributed by atoms with van der Waals surface area (Å²) in [6.07, 6.45) is 2.56. The van der Waals surface area contributed by atoms with Crippen molar-refractivity contribution in [2.45, 2.75) is 39.3 Å². The van der Waals surface area contributed by atoms with E-state index < -0.39 is 0 Å². The van der Waals surface area contributed by atoms with Crippen molar-refractivity contribution in [3.63, 3.8) is 0 Å². The molecule has 4 heteroatoms. The van der Waals surface area contributed by atoms with Crippen LogP contribution in [0.25, 0.3) is 11.0 Å². The van der Waals surface area contributed by atoms with E-state index in [4.69, 9.17) is 9.15 Å². The molecule has 1 saturated heterocycles. The maximum absolute atomic E-state index is 11.8. The Morgan fingerprint density at radius 2 is 2.19 bits per heavy atom. The van der Waals surface area contributed by atoms with Crippen molar-refractivity contribution >= 4 is 11.0 Å². The van der Waals surface area contributed by atoms with Crippen molar-refractivity contribution < 1.29 is 9.15 Å². The Kier molecular flexibility index (Phi) is 4.08. The standard InChI is InChI=1S/C17H21NO3/c1-11-5-6-15-13(8-16(19)21-17(15)12(11)2)9-18-10-14-4-3-7-20-14/h5-6,8,14,18H,3-4,7,9-10H2,1-2H3/t14-/m1/s1. The average Bonchev–Trinajstić information content (AvgIpc) is 2.96. The van der Waals surface area contributed by atoms with Crippen molar-refractivity contribution in [2.24, 2.45) is 0 Å². The normalized spacial score (nSPS) is 18.5. The fourth-order valence-electron chi connectivity index (χ4n) is 2.84. The van der Waals surface area contributed by atoms with Gasteiger partial charge in [-0.1, -0.05) is 12.1 Å². The molecule has 0 saturated carbocycles. The van der Waals surface area contributed by atoms with Crippen LogP contribution in [-0.2, 0) is 11.3 Å². The lowest BCUT2D eigenvalue weighted by molar-refractivity contribution is 0.110. The maximum Gasteiger partial charge on any atom is 0.336 e. The number of rotatable bonds is 4. The molecule has 3 rings (SSSR count). The highest BCUT2D eigenvalue weighted by atomic mass is 16.5. The largest absolute Gasteiger partial charge is 0.422 e. The van der Waals surface area contributed by atoms with Gasteiger partial charge >= 0.3 is 5.63 Å². The van der Waals surface area contributed by atoms with E-state index in [0.717, 1.165) is 48.1 Å². The highest BCUT2D eigenvalue weighted by Gasteiger charge is 2.15. The zero-order chi connectivity index (χ0) is 14.8. The summed E-state index contributed by atoms with van der Waals surface area (Å²) in [6, 6.07) is 5.69. The predicted molar refractivity (Wildman–Crippen MR) is 82.6 cm³/mol. The molecule has 2 heterocycles. The summed E-state index contributed by atoms with van der Waals surface area (Å²) in [6.45, 7) is 6.36. The fraction of sp³-hybridized carbons (Fsp3) is 0.471. The summed E-state index contributed by atoms with van der Waals surface area (Å²) in [5.74, 6) is 0. The molecule has 21 heavy (non-hydrogen) atoms. The van der Waals surface area contributed by atoms with Crippen LogP contribution in [0.15, 0.2) is 27.4 Å². The van der Waals surface area contributed by atoms with Gasteiger partial charge in [-0.05, 0) is 43.4 Å². The molecule has 4 nitrogen and oxygen atoms in total. The third-order valence-electron chi connectivity index (χ3n) is 4.23. The molecule has 1 aromatic carbocycles. The number of fused-ring (bicyclic) bond motifs is 1. The molecule has 1 fully saturated rings. The minimum atomic E-state index is -0.287. The summed E-state index contributed by atoms with van der Waals surface area (Å²) in [5.41, 5.74) is 3.57. The van der Waals surface area contributed by atoms with Crippen LogP contribution in [0, 0.1) is 13.8 Å². The molecule has 0 aliphatic carbocycles. The molecule has 0 unspecified atom stereocenters. The Morgan fingerprint density at radius 3 is 2.95 bits per heavy atom. The molecule has 1 aromatic heterocycles. The van der Waals surface area contributed by atoms with Crippen LogP contribution in [0.3, 0.4) is 0 Å². The average molecular weight is 287 g/mol. The quantitative estimate of drug-likeness (QED) is 0.878.